The van der Waals surface area contributed by atoms with E-state index in [9.17, 15) is 13.2 Å². The Morgan fingerprint density at radius 1 is 1.26 bits per heavy atom. The third-order valence-electron chi connectivity index (χ3n) is 3.76. The molecule has 0 spiro atoms. The van der Waals surface area contributed by atoms with Gasteiger partial charge >= 0.3 is 0 Å². The van der Waals surface area contributed by atoms with Crippen LogP contribution in [-0.2, 0) is 14.6 Å². The smallest absolute Gasteiger partial charge is 0.274 e. The average Bonchev–Trinajstić information content (AvgIpc) is 2.85. The Morgan fingerprint density at radius 2 is 1.91 bits per heavy atom. The van der Waals surface area contributed by atoms with Crippen molar-refractivity contribution in [2.45, 2.75) is 31.2 Å². The molecule has 0 unspecified atom stereocenters. The van der Waals surface area contributed by atoms with E-state index in [1.165, 1.54) is 4.40 Å². The van der Waals surface area contributed by atoms with E-state index in [0.29, 0.717) is 18.6 Å². The highest BCUT2D eigenvalue weighted by Gasteiger charge is 2.30. The quantitative estimate of drug-likeness (QED) is 0.816. The van der Waals surface area contributed by atoms with Crippen LogP contribution >= 0.6 is 0 Å². The Kier molecular flexibility index (Phi) is 3.89. The van der Waals surface area contributed by atoms with Gasteiger partial charge in [-0.05, 0) is 26.0 Å². The second-order valence-electron chi connectivity index (χ2n) is 5.94. The number of sulfone groups is 1. The molecular weight excluding hydrogens is 318 g/mol. The fraction of sp³-hybridized carbons (Fsp3) is 0.467. The largest absolute Gasteiger partial charge is 0.372 e. The fourth-order valence-corrected chi connectivity index (χ4v) is 3.70. The van der Waals surface area contributed by atoms with E-state index >= 15 is 0 Å². The van der Waals surface area contributed by atoms with Crippen molar-refractivity contribution in [1.29, 1.82) is 0 Å². The van der Waals surface area contributed by atoms with Gasteiger partial charge < -0.3 is 9.64 Å². The van der Waals surface area contributed by atoms with Gasteiger partial charge in [-0.1, -0.05) is 6.07 Å². The van der Waals surface area contributed by atoms with E-state index in [4.69, 9.17) is 4.74 Å². The summed E-state index contributed by atoms with van der Waals surface area (Å²) in [5, 5.41) is -0.120. The van der Waals surface area contributed by atoms with Gasteiger partial charge in [0.25, 0.3) is 5.91 Å². The molecule has 2 aromatic heterocycles. The SMILES string of the molecule is C[C@@H]1CN(C(=O)c2nc(S(C)(=O)=O)n3ccccc23)C[C@H](C)O1. The van der Waals surface area contributed by atoms with Crippen molar-refractivity contribution in [2.75, 3.05) is 19.3 Å². The first-order valence-electron chi connectivity index (χ1n) is 7.39. The number of hydrogen-bond donors (Lipinski definition) is 0. The standard InChI is InChI=1S/C15H19N3O4S/c1-10-8-17(9-11(2)22-10)14(19)13-12-6-4-5-7-18(12)15(16-13)23(3,20)21/h4-7,10-11H,8-9H2,1-3H3/t10-,11+. The van der Waals surface area contributed by atoms with Gasteiger partial charge in [-0.2, -0.15) is 0 Å². The number of hydrogen-bond acceptors (Lipinski definition) is 5. The first-order chi connectivity index (χ1) is 10.8. The van der Waals surface area contributed by atoms with Crippen LogP contribution in [0.25, 0.3) is 5.52 Å². The van der Waals surface area contributed by atoms with Crippen LogP contribution in [0.5, 0.6) is 0 Å². The number of carbonyl (C=O) groups excluding carboxylic acids is 1. The Hall–Kier alpha value is -1.93. The van der Waals surface area contributed by atoms with Gasteiger partial charge in [0.15, 0.2) is 5.69 Å². The minimum Gasteiger partial charge on any atom is -0.372 e. The summed E-state index contributed by atoms with van der Waals surface area (Å²) in [4.78, 5) is 18.6. The molecule has 2 aromatic rings. The van der Waals surface area contributed by atoms with Gasteiger partial charge in [-0.25, -0.2) is 13.4 Å². The van der Waals surface area contributed by atoms with Gasteiger partial charge in [-0.3, -0.25) is 9.20 Å². The van der Waals surface area contributed by atoms with Gasteiger partial charge in [-0.15, -0.1) is 0 Å². The minimum absolute atomic E-state index is 0.0639. The number of morpholine rings is 1. The molecule has 0 saturated carbocycles. The van der Waals surface area contributed by atoms with Crippen molar-refractivity contribution in [3.63, 3.8) is 0 Å². The summed E-state index contributed by atoms with van der Waals surface area (Å²) < 4.78 is 30.9. The molecule has 7 nitrogen and oxygen atoms in total. The molecule has 1 aliphatic rings. The molecule has 0 bridgehead atoms. The molecular formula is C15H19N3O4S. The number of fused-ring (bicyclic) bond motifs is 1. The maximum absolute atomic E-state index is 12.8. The highest BCUT2D eigenvalue weighted by molar-refractivity contribution is 7.90. The molecule has 124 valence electrons. The second kappa shape index (κ2) is 5.61. The molecule has 2 atom stereocenters. The molecule has 1 fully saturated rings. The van der Waals surface area contributed by atoms with Crippen LogP contribution in [0.15, 0.2) is 29.6 Å². The number of aromatic nitrogens is 2. The fourth-order valence-electron chi connectivity index (χ4n) is 2.92. The number of imidazole rings is 1. The number of nitrogens with zero attached hydrogens (tertiary/aromatic N) is 3. The predicted molar refractivity (Wildman–Crippen MR) is 84.2 cm³/mol. The summed E-state index contributed by atoms with van der Waals surface area (Å²) >= 11 is 0. The summed E-state index contributed by atoms with van der Waals surface area (Å²) in [5.41, 5.74) is 0.650. The number of amides is 1. The topological polar surface area (TPSA) is 81.0 Å². The normalized spacial score (nSPS) is 22.5. The van der Waals surface area contributed by atoms with E-state index in [0.717, 1.165) is 6.26 Å². The molecule has 8 heteroatoms. The highest BCUT2D eigenvalue weighted by Crippen LogP contribution is 2.20. The van der Waals surface area contributed by atoms with E-state index in [1.807, 2.05) is 13.8 Å². The van der Waals surface area contributed by atoms with Crippen molar-refractivity contribution in [1.82, 2.24) is 14.3 Å². The van der Waals surface area contributed by atoms with Crippen molar-refractivity contribution in [2.24, 2.45) is 0 Å². The lowest BCUT2D eigenvalue weighted by Crippen LogP contribution is -2.48. The molecule has 1 amide bonds. The van der Waals surface area contributed by atoms with Crippen LogP contribution in [0.4, 0.5) is 0 Å². The molecule has 3 heterocycles. The number of rotatable bonds is 2. The van der Waals surface area contributed by atoms with E-state index in [2.05, 4.69) is 4.98 Å². The maximum Gasteiger partial charge on any atom is 0.274 e. The van der Waals surface area contributed by atoms with Crippen LogP contribution in [0.2, 0.25) is 0 Å². The summed E-state index contributed by atoms with van der Waals surface area (Å²) in [6.45, 7) is 4.73. The molecule has 0 N–H and O–H groups in total. The zero-order valence-electron chi connectivity index (χ0n) is 13.3. The average molecular weight is 337 g/mol. The predicted octanol–water partition coefficient (Wildman–Crippen LogP) is 0.987. The summed E-state index contributed by atoms with van der Waals surface area (Å²) in [6, 6.07) is 5.16. The first-order valence-corrected chi connectivity index (χ1v) is 9.28. The monoisotopic (exact) mass is 337 g/mol. The van der Waals surface area contributed by atoms with Crippen LogP contribution in [-0.4, -0.2) is 60.2 Å². The number of carbonyl (C=O) groups is 1. The summed E-state index contributed by atoms with van der Waals surface area (Å²) in [5.74, 6) is -0.273. The molecule has 0 aliphatic carbocycles. The third kappa shape index (κ3) is 2.96. The Morgan fingerprint density at radius 3 is 2.52 bits per heavy atom. The molecule has 23 heavy (non-hydrogen) atoms. The van der Waals surface area contributed by atoms with E-state index in [1.54, 1.807) is 29.3 Å². The summed E-state index contributed by atoms with van der Waals surface area (Å²) in [7, 11) is -3.54. The van der Waals surface area contributed by atoms with Crippen LogP contribution < -0.4 is 0 Å². The Balaban J connectivity index is 2.08. The molecule has 0 radical (unpaired) electrons. The minimum atomic E-state index is -3.54. The van der Waals surface area contributed by atoms with E-state index < -0.39 is 9.84 Å². The molecule has 1 saturated heterocycles. The highest BCUT2D eigenvalue weighted by atomic mass is 32.2. The lowest BCUT2D eigenvalue weighted by Gasteiger charge is -2.34. The van der Waals surface area contributed by atoms with Gasteiger partial charge in [0.2, 0.25) is 15.0 Å². The Bertz CT molecular complexity index is 849. The number of ether oxygens (including phenoxy) is 1. The first kappa shape index (κ1) is 15.9. The van der Waals surface area contributed by atoms with E-state index in [-0.39, 0.29) is 29.0 Å². The van der Waals surface area contributed by atoms with Crippen LogP contribution in [0.1, 0.15) is 24.3 Å². The van der Waals surface area contributed by atoms with Crippen molar-refractivity contribution in [3.8, 4) is 0 Å². The van der Waals surface area contributed by atoms with Gasteiger partial charge in [0.1, 0.15) is 0 Å². The van der Waals surface area contributed by atoms with Crippen molar-refractivity contribution in [3.05, 3.63) is 30.1 Å². The zero-order chi connectivity index (χ0) is 16.8. The maximum atomic E-state index is 12.8. The second-order valence-corrected chi connectivity index (χ2v) is 7.85. The lowest BCUT2D eigenvalue weighted by atomic mass is 10.2. The zero-order valence-corrected chi connectivity index (χ0v) is 14.1. The third-order valence-corrected chi connectivity index (χ3v) is 4.71. The van der Waals surface area contributed by atoms with Gasteiger partial charge in [0, 0.05) is 25.5 Å². The summed E-state index contributed by atoms with van der Waals surface area (Å²) in [6.07, 6.45) is 2.55. The van der Waals surface area contributed by atoms with Crippen molar-refractivity contribution < 1.29 is 17.9 Å². The molecule has 3 rings (SSSR count). The van der Waals surface area contributed by atoms with Gasteiger partial charge in [0.05, 0.1) is 17.7 Å². The Labute approximate surface area is 134 Å². The van der Waals surface area contributed by atoms with Crippen LogP contribution in [0.3, 0.4) is 0 Å². The lowest BCUT2D eigenvalue weighted by molar-refractivity contribution is -0.0587. The molecule has 1 aliphatic heterocycles. The molecule has 0 aromatic carbocycles. The number of pyridine rings is 1. The van der Waals surface area contributed by atoms with Crippen molar-refractivity contribution >= 4 is 21.3 Å². The van der Waals surface area contributed by atoms with Crippen LogP contribution in [0, 0.1) is 0 Å².